The molecule has 0 bridgehead atoms. The molecule has 11 rings (SSSR count). The fourth-order valence-corrected chi connectivity index (χ4v) is 8.13. The molecule has 3 heterocycles. The number of nitrogens with zero attached hydrogens (tertiary/aromatic N) is 3. The van der Waals surface area contributed by atoms with Crippen molar-refractivity contribution in [2.75, 3.05) is 0 Å². The summed E-state index contributed by atoms with van der Waals surface area (Å²) in [5.41, 5.74) is 14.5. The average molecular weight is 716 g/mol. The Morgan fingerprint density at radius 3 is 1.59 bits per heavy atom. The molecule has 0 aliphatic carbocycles. The highest BCUT2D eigenvalue weighted by atomic mass is 16.3. The quantitative estimate of drug-likeness (QED) is 0.172. The molecule has 0 amide bonds. The van der Waals surface area contributed by atoms with E-state index in [0.717, 1.165) is 83.1 Å². The van der Waals surface area contributed by atoms with Gasteiger partial charge in [0.25, 0.3) is 0 Å². The van der Waals surface area contributed by atoms with Crippen molar-refractivity contribution in [3.8, 4) is 61.8 Å². The number of aromatic nitrogens is 3. The van der Waals surface area contributed by atoms with E-state index in [9.17, 15) is 0 Å². The summed E-state index contributed by atoms with van der Waals surface area (Å²) < 4.78 is 8.72. The summed E-state index contributed by atoms with van der Waals surface area (Å²) in [6.45, 7) is 0. The van der Waals surface area contributed by atoms with Crippen LogP contribution in [0.5, 0.6) is 0 Å². The molecule has 11 aromatic rings. The van der Waals surface area contributed by atoms with Crippen LogP contribution in [-0.2, 0) is 0 Å². The molecular formula is C52H33N3O. The highest BCUT2D eigenvalue weighted by Crippen LogP contribution is 2.40. The normalized spacial score (nSPS) is 11.6. The van der Waals surface area contributed by atoms with E-state index < -0.39 is 0 Å². The van der Waals surface area contributed by atoms with Gasteiger partial charge in [-0.1, -0.05) is 152 Å². The predicted octanol–water partition coefficient (Wildman–Crippen LogP) is 13.8. The van der Waals surface area contributed by atoms with Gasteiger partial charge in [-0.05, 0) is 70.8 Å². The maximum atomic E-state index is 6.37. The van der Waals surface area contributed by atoms with Crippen LogP contribution in [0.2, 0.25) is 0 Å². The molecular weight excluding hydrogens is 683 g/mol. The summed E-state index contributed by atoms with van der Waals surface area (Å²) in [5.74, 6) is 0.687. The second-order valence-electron chi connectivity index (χ2n) is 14.2. The van der Waals surface area contributed by atoms with E-state index in [-0.39, 0.29) is 0 Å². The van der Waals surface area contributed by atoms with Crippen molar-refractivity contribution in [1.82, 2.24) is 14.5 Å². The molecule has 0 N–H and O–H groups in total. The molecule has 3 aromatic heterocycles. The summed E-state index contributed by atoms with van der Waals surface area (Å²) in [6, 6.07) is 70.2. The zero-order valence-electron chi connectivity index (χ0n) is 30.3. The van der Waals surface area contributed by atoms with Gasteiger partial charge in [-0.3, -0.25) is 0 Å². The molecule has 0 atom stereocenters. The number of furan rings is 1. The third kappa shape index (κ3) is 5.39. The summed E-state index contributed by atoms with van der Waals surface area (Å²) in [6.07, 6.45) is 0. The van der Waals surface area contributed by atoms with E-state index in [4.69, 9.17) is 14.4 Å². The van der Waals surface area contributed by atoms with E-state index in [1.54, 1.807) is 0 Å². The van der Waals surface area contributed by atoms with Gasteiger partial charge in [-0.2, -0.15) is 0 Å². The third-order valence-corrected chi connectivity index (χ3v) is 10.8. The monoisotopic (exact) mass is 715 g/mol. The molecule has 56 heavy (non-hydrogen) atoms. The van der Waals surface area contributed by atoms with Gasteiger partial charge in [0.05, 0.1) is 22.4 Å². The first-order valence-corrected chi connectivity index (χ1v) is 18.9. The third-order valence-electron chi connectivity index (χ3n) is 10.8. The number of para-hydroxylation sites is 1. The molecule has 0 radical (unpaired) electrons. The standard InChI is InChI=1S/C52H33N3O/c1-4-13-34(14-5-1)36-23-25-38(26-24-36)46-33-45(37-17-8-3-9-18-37)53-52(54-46)42-20-12-22-48-51(42)41-19-10-11-21-47(41)55(48)40-28-30-50-44(32-40)43-31-39(27-29-49(43)56-50)35-15-6-2-7-16-35/h1-33H. The molecule has 8 aromatic carbocycles. The van der Waals surface area contributed by atoms with Crippen LogP contribution in [0.25, 0.3) is 106 Å². The Kier molecular flexibility index (Phi) is 7.46. The summed E-state index contributed by atoms with van der Waals surface area (Å²) >= 11 is 0. The second kappa shape index (κ2) is 13.1. The first kappa shape index (κ1) is 31.9. The topological polar surface area (TPSA) is 43.9 Å². The van der Waals surface area contributed by atoms with Crippen molar-refractivity contribution in [2.24, 2.45) is 0 Å². The van der Waals surface area contributed by atoms with Gasteiger partial charge in [0.1, 0.15) is 11.2 Å². The minimum absolute atomic E-state index is 0.687. The highest BCUT2D eigenvalue weighted by Gasteiger charge is 2.20. The second-order valence-corrected chi connectivity index (χ2v) is 14.2. The number of rotatable bonds is 6. The summed E-state index contributed by atoms with van der Waals surface area (Å²) in [4.78, 5) is 10.6. The van der Waals surface area contributed by atoms with Gasteiger partial charge < -0.3 is 8.98 Å². The summed E-state index contributed by atoms with van der Waals surface area (Å²) in [5, 5.41) is 4.44. The lowest BCUT2D eigenvalue weighted by Crippen LogP contribution is -1.97. The van der Waals surface area contributed by atoms with Gasteiger partial charge in [0, 0.05) is 43.9 Å². The predicted molar refractivity (Wildman–Crippen MR) is 231 cm³/mol. The first-order valence-electron chi connectivity index (χ1n) is 18.9. The van der Waals surface area contributed by atoms with Crippen LogP contribution in [-0.4, -0.2) is 14.5 Å². The van der Waals surface area contributed by atoms with Crippen molar-refractivity contribution < 1.29 is 4.42 Å². The number of hydrogen-bond acceptors (Lipinski definition) is 3. The van der Waals surface area contributed by atoms with Crippen LogP contribution in [0.15, 0.2) is 205 Å². The van der Waals surface area contributed by atoms with Crippen molar-refractivity contribution in [2.45, 2.75) is 0 Å². The molecule has 0 saturated carbocycles. The molecule has 0 aliphatic rings. The number of fused-ring (bicyclic) bond motifs is 6. The zero-order valence-corrected chi connectivity index (χ0v) is 30.3. The molecule has 0 fully saturated rings. The number of benzene rings is 8. The Balaban J connectivity index is 1.10. The van der Waals surface area contributed by atoms with Gasteiger partial charge in [-0.15, -0.1) is 0 Å². The molecule has 4 heteroatoms. The van der Waals surface area contributed by atoms with Gasteiger partial charge in [0.15, 0.2) is 5.82 Å². The molecule has 0 aliphatic heterocycles. The van der Waals surface area contributed by atoms with Crippen LogP contribution < -0.4 is 0 Å². The van der Waals surface area contributed by atoms with E-state index in [1.807, 2.05) is 12.1 Å². The maximum Gasteiger partial charge on any atom is 0.161 e. The van der Waals surface area contributed by atoms with Crippen molar-refractivity contribution in [3.63, 3.8) is 0 Å². The first-order chi connectivity index (χ1) is 27.7. The zero-order chi connectivity index (χ0) is 37.0. The van der Waals surface area contributed by atoms with Gasteiger partial charge >= 0.3 is 0 Å². The van der Waals surface area contributed by atoms with Crippen molar-refractivity contribution in [3.05, 3.63) is 200 Å². The minimum atomic E-state index is 0.687. The summed E-state index contributed by atoms with van der Waals surface area (Å²) in [7, 11) is 0. The lowest BCUT2D eigenvalue weighted by Gasteiger charge is -2.12. The molecule has 0 saturated heterocycles. The minimum Gasteiger partial charge on any atom is -0.456 e. The Hall–Kier alpha value is -7.56. The Morgan fingerprint density at radius 2 is 0.875 bits per heavy atom. The van der Waals surface area contributed by atoms with Crippen LogP contribution in [0.4, 0.5) is 0 Å². The van der Waals surface area contributed by atoms with E-state index in [1.165, 1.54) is 16.7 Å². The lowest BCUT2D eigenvalue weighted by molar-refractivity contribution is 0.669. The molecule has 4 nitrogen and oxygen atoms in total. The van der Waals surface area contributed by atoms with Crippen LogP contribution in [0.1, 0.15) is 0 Å². The Morgan fingerprint density at radius 1 is 0.357 bits per heavy atom. The largest absolute Gasteiger partial charge is 0.456 e. The highest BCUT2D eigenvalue weighted by molar-refractivity contribution is 6.16. The van der Waals surface area contributed by atoms with Gasteiger partial charge in [0.2, 0.25) is 0 Å². The smallest absolute Gasteiger partial charge is 0.161 e. The fraction of sp³-hybridized carbons (Fsp3) is 0. The fourth-order valence-electron chi connectivity index (χ4n) is 8.13. The van der Waals surface area contributed by atoms with E-state index >= 15 is 0 Å². The molecule has 0 unspecified atom stereocenters. The van der Waals surface area contributed by atoms with Gasteiger partial charge in [-0.25, -0.2) is 9.97 Å². The maximum absolute atomic E-state index is 6.37. The lowest BCUT2D eigenvalue weighted by atomic mass is 10.0. The van der Waals surface area contributed by atoms with Crippen LogP contribution in [0.3, 0.4) is 0 Å². The Labute approximate surface area is 323 Å². The average Bonchev–Trinajstić information content (AvgIpc) is 3.82. The van der Waals surface area contributed by atoms with Crippen molar-refractivity contribution >= 4 is 43.7 Å². The molecule has 262 valence electrons. The molecule has 0 spiro atoms. The van der Waals surface area contributed by atoms with E-state index in [0.29, 0.717) is 5.82 Å². The van der Waals surface area contributed by atoms with E-state index in [2.05, 4.69) is 193 Å². The van der Waals surface area contributed by atoms with Crippen LogP contribution >= 0.6 is 0 Å². The number of hydrogen-bond donors (Lipinski definition) is 0. The van der Waals surface area contributed by atoms with Crippen molar-refractivity contribution in [1.29, 1.82) is 0 Å². The Bertz CT molecular complexity index is 3220. The van der Waals surface area contributed by atoms with Crippen LogP contribution in [0, 0.1) is 0 Å². The SMILES string of the molecule is c1ccc(-c2ccc(-c3cc(-c4ccccc4)nc(-c4cccc5c4c4ccccc4n5-c4ccc5oc6ccc(-c7ccccc7)cc6c5c4)n3)cc2)cc1.